The van der Waals surface area contributed by atoms with Gasteiger partial charge in [-0.25, -0.2) is 14.4 Å². The Morgan fingerprint density at radius 3 is 1.87 bits per heavy atom. The van der Waals surface area contributed by atoms with Crippen LogP contribution in [-0.4, -0.2) is 115 Å². The van der Waals surface area contributed by atoms with Crippen molar-refractivity contribution in [2.45, 2.75) is 65.1 Å². The molecular weight excluding hydrogens is 716 g/mol. The van der Waals surface area contributed by atoms with Gasteiger partial charge in [-0.3, -0.25) is 9.59 Å². The fraction of sp³-hybridized carbons (Fsp3) is 0.658. The summed E-state index contributed by atoms with van der Waals surface area (Å²) >= 11 is 0. The predicted octanol–water partition coefficient (Wildman–Crippen LogP) is 2.83. The average molecular weight is 777 g/mol. The van der Waals surface area contributed by atoms with E-state index in [2.05, 4.69) is 38.7 Å². The van der Waals surface area contributed by atoms with Gasteiger partial charge in [0.1, 0.15) is 25.3 Å². The zero-order valence-corrected chi connectivity index (χ0v) is 32.3. The van der Waals surface area contributed by atoms with E-state index in [-0.39, 0.29) is 45.4 Å². The van der Waals surface area contributed by atoms with E-state index in [4.69, 9.17) is 34.2 Å². The van der Waals surface area contributed by atoms with Gasteiger partial charge in [0.25, 0.3) is 0 Å². The molecule has 17 heteroatoms. The molecule has 0 radical (unpaired) electrons. The van der Waals surface area contributed by atoms with Crippen LogP contribution in [0.2, 0.25) is 0 Å². The topological polar surface area (TPSA) is 227 Å². The number of carbonyl (C=O) groups excluding carboxylic acids is 5. The lowest BCUT2D eigenvalue weighted by atomic mass is 10.0. The van der Waals surface area contributed by atoms with Gasteiger partial charge in [-0.15, -0.1) is 0 Å². The highest BCUT2D eigenvalue weighted by Gasteiger charge is 2.49. The SMILES string of the molecule is CC(C)[C@H](NC(=O)OCCOCCNC(=O)OCC1[C@H]2CC/C=C\CC[C@@H]12)C(=O)N[C@@H](C)C(=O)Nc1ccc(COC(=O)NCCOCCOCCN)cc1. The summed E-state index contributed by atoms with van der Waals surface area (Å²) in [5, 5.41) is 13.1. The molecule has 0 spiro atoms. The summed E-state index contributed by atoms with van der Waals surface area (Å²) < 4.78 is 31.7. The van der Waals surface area contributed by atoms with Crippen LogP contribution in [0.15, 0.2) is 36.4 Å². The van der Waals surface area contributed by atoms with Gasteiger partial charge in [0, 0.05) is 25.3 Å². The Morgan fingerprint density at radius 2 is 1.27 bits per heavy atom. The van der Waals surface area contributed by atoms with Crippen molar-refractivity contribution >= 4 is 35.8 Å². The van der Waals surface area contributed by atoms with E-state index in [1.807, 2.05) is 0 Å². The number of nitrogens with two attached hydrogens (primary N) is 1. The number of fused-ring (bicyclic) bond motifs is 1. The number of alkyl carbamates (subject to hydrolysis) is 3. The standard InChI is InChI=1S/C38H60N6O11/c1-26(2)33(44-38(49)53-23-22-52-19-16-41-37(48)55-25-32-30-8-6-4-5-7-9-31(30)32)35(46)42-27(3)34(45)43-29-12-10-28(11-13-29)24-54-36(47)40-15-18-51-21-20-50-17-14-39/h4-5,10-13,26-27,30-33H,6-9,14-25,39H2,1-3H3,(H,40,47)(H,41,48)(H,42,46)(H,43,45)(H,44,49)/b5-4-/t27-,30-,31+,32?,33-/m0/s1. The van der Waals surface area contributed by atoms with Gasteiger partial charge in [0.05, 0.1) is 46.2 Å². The quantitative estimate of drug-likeness (QED) is 0.0506. The molecule has 0 bridgehead atoms. The second-order valence-electron chi connectivity index (χ2n) is 13.7. The van der Waals surface area contributed by atoms with E-state index in [0.29, 0.717) is 68.6 Å². The van der Waals surface area contributed by atoms with Gasteiger partial charge in [0.2, 0.25) is 11.8 Å². The van der Waals surface area contributed by atoms with Crippen molar-refractivity contribution in [1.29, 1.82) is 0 Å². The number of hydrogen-bond donors (Lipinski definition) is 6. The number of nitrogens with one attached hydrogen (secondary N) is 5. The zero-order chi connectivity index (χ0) is 39.8. The lowest BCUT2D eigenvalue weighted by molar-refractivity contribution is -0.128. The average Bonchev–Trinajstić information content (AvgIpc) is 3.81. The summed E-state index contributed by atoms with van der Waals surface area (Å²) in [5.74, 6) is 0.430. The first-order valence-electron chi connectivity index (χ1n) is 19.1. The van der Waals surface area contributed by atoms with Crippen molar-refractivity contribution in [3.8, 4) is 0 Å². The summed E-state index contributed by atoms with van der Waals surface area (Å²) in [5.41, 5.74) is 6.51. The fourth-order valence-corrected chi connectivity index (χ4v) is 6.02. The molecular formula is C38H60N6O11. The van der Waals surface area contributed by atoms with Crippen LogP contribution in [0.4, 0.5) is 20.1 Å². The third-order valence-electron chi connectivity index (χ3n) is 9.11. The highest BCUT2D eigenvalue weighted by Crippen LogP contribution is 2.52. The van der Waals surface area contributed by atoms with Crippen molar-refractivity contribution in [2.75, 3.05) is 77.8 Å². The van der Waals surface area contributed by atoms with Crippen LogP contribution in [0.5, 0.6) is 0 Å². The number of hydrogen-bond acceptors (Lipinski definition) is 12. The summed E-state index contributed by atoms with van der Waals surface area (Å²) in [6, 6.07) is 4.79. The minimum atomic E-state index is -0.964. The van der Waals surface area contributed by atoms with E-state index < -0.39 is 42.2 Å². The van der Waals surface area contributed by atoms with Crippen LogP contribution in [0.3, 0.4) is 0 Å². The maximum absolute atomic E-state index is 13.0. The number of benzene rings is 1. The molecule has 1 saturated carbocycles. The molecule has 1 aromatic rings. The van der Waals surface area contributed by atoms with Gasteiger partial charge in [-0.1, -0.05) is 38.1 Å². The molecule has 2 aliphatic rings. The zero-order valence-electron chi connectivity index (χ0n) is 32.3. The Morgan fingerprint density at radius 1 is 0.691 bits per heavy atom. The summed E-state index contributed by atoms with van der Waals surface area (Å²) in [6.45, 7) is 8.31. The minimum absolute atomic E-state index is 0.0222. The van der Waals surface area contributed by atoms with Crippen molar-refractivity contribution in [3.63, 3.8) is 0 Å². The van der Waals surface area contributed by atoms with Crippen LogP contribution in [0.1, 0.15) is 52.0 Å². The van der Waals surface area contributed by atoms with Gasteiger partial charge in [-0.05, 0) is 74.0 Å². The highest BCUT2D eigenvalue weighted by molar-refractivity contribution is 5.98. The lowest BCUT2D eigenvalue weighted by Gasteiger charge is -2.23. The van der Waals surface area contributed by atoms with Crippen LogP contribution in [0.25, 0.3) is 0 Å². The largest absolute Gasteiger partial charge is 0.449 e. The van der Waals surface area contributed by atoms with Crippen LogP contribution >= 0.6 is 0 Å². The van der Waals surface area contributed by atoms with Gasteiger partial charge in [-0.2, -0.15) is 0 Å². The fourth-order valence-electron chi connectivity index (χ4n) is 6.02. The molecule has 0 saturated heterocycles. The summed E-state index contributed by atoms with van der Waals surface area (Å²) in [4.78, 5) is 62.2. The van der Waals surface area contributed by atoms with Crippen molar-refractivity contribution in [3.05, 3.63) is 42.0 Å². The first-order valence-corrected chi connectivity index (χ1v) is 19.1. The maximum Gasteiger partial charge on any atom is 0.407 e. The molecule has 55 heavy (non-hydrogen) atoms. The highest BCUT2D eigenvalue weighted by atomic mass is 16.6. The molecule has 5 amide bonds. The second kappa shape index (κ2) is 25.6. The smallest absolute Gasteiger partial charge is 0.407 e. The Bertz CT molecular complexity index is 1350. The van der Waals surface area contributed by atoms with Crippen LogP contribution in [-0.2, 0) is 44.6 Å². The van der Waals surface area contributed by atoms with Crippen molar-refractivity contribution in [2.24, 2.45) is 29.4 Å². The maximum atomic E-state index is 13.0. The second-order valence-corrected chi connectivity index (χ2v) is 13.7. The Kier molecular flexibility index (Phi) is 20.9. The molecule has 1 unspecified atom stereocenters. The van der Waals surface area contributed by atoms with Gasteiger partial charge in [0.15, 0.2) is 0 Å². The molecule has 17 nitrogen and oxygen atoms in total. The minimum Gasteiger partial charge on any atom is -0.449 e. The number of amides is 5. The summed E-state index contributed by atoms with van der Waals surface area (Å²) in [6.07, 6.45) is 7.10. The molecule has 0 heterocycles. The molecule has 2 aliphatic carbocycles. The Labute approximate surface area is 323 Å². The van der Waals surface area contributed by atoms with Crippen LogP contribution < -0.4 is 32.3 Å². The van der Waals surface area contributed by atoms with Crippen LogP contribution in [0, 0.1) is 23.7 Å². The molecule has 308 valence electrons. The first kappa shape index (κ1) is 44.9. The van der Waals surface area contributed by atoms with E-state index in [1.54, 1.807) is 38.1 Å². The lowest BCUT2D eigenvalue weighted by Crippen LogP contribution is -2.53. The van der Waals surface area contributed by atoms with E-state index in [1.165, 1.54) is 6.92 Å². The van der Waals surface area contributed by atoms with Crippen molar-refractivity contribution in [1.82, 2.24) is 21.3 Å². The van der Waals surface area contributed by atoms with E-state index in [9.17, 15) is 24.0 Å². The normalized spacial score (nSPS) is 19.0. The molecule has 0 aliphatic heterocycles. The van der Waals surface area contributed by atoms with E-state index >= 15 is 0 Å². The monoisotopic (exact) mass is 776 g/mol. The number of ether oxygens (including phenoxy) is 6. The number of rotatable bonds is 24. The molecule has 0 aromatic heterocycles. The Balaban J connectivity index is 1.23. The molecule has 3 rings (SSSR count). The summed E-state index contributed by atoms with van der Waals surface area (Å²) in [7, 11) is 0. The van der Waals surface area contributed by atoms with E-state index in [0.717, 1.165) is 25.7 Å². The number of allylic oxidation sites excluding steroid dienone is 2. The predicted molar refractivity (Wildman–Crippen MR) is 203 cm³/mol. The third kappa shape index (κ3) is 18.2. The molecule has 1 aromatic carbocycles. The molecule has 5 atom stereocenters. The molecule has 1 fully saturated rings. The number of carbonyl (C=O) groups is 5. The Hall–Kier alpha value is -4.45. The van der Waals surface area contributed by atoms with Crippen molar-refractivity contribution < 1.29 is 52.4 Å². The first-order chi connectivity index (χ1) is 26.6. The number of anilines is 1. The third-order valence-corrected chi connectivity index (χ3v) is 9.11. The van der Waals surface area contributed by atoms with Gasteiger partial charge < -0.3 is 60.7 Å². The molecule has 7 N–H and O–H groups in total. The van der Waals surface area contributed by atoms with Gasteiger partial charge >= 0.3 is 18.3 Å².